The van der Waals surface area contributed by atoms with Crippen LogP contribution in [-0.2, 0) is 9.57 Å². The Morgan fingerprint density at radius 1 is 1.60 bits per heavy atom. The van der Waals surface area contributed by atoms with Crippen LogP contribution < -0.4 is 5.90 Å². The third-order valence-electron chi connectivity index (χ3n) is 2.06. The van der Waals surface area contributed by atoms with E-state index in [0.29, 0.717) is 12.2 Å². The fourth-order valence-electron chi connectivity index (χ4n) is 1.17. The highest BCUT2D eigenvalue weighted by Crippen LogP contribution is 2.12. The minimum absolute atomic E-state index is 0.0988. The lowest BCUT2D eigenvalue weighted by atomic mass is 10.1. The lowest BCUT2D eigenvalue weighted by Crippen LogP contribution is -2.10. The van der Waals surface area contributed by atoms with Gasteiger partial charge in [-0.2, -0.15) is 0 Å². The molecule has 15 heavy (non-hydrogen) atoms. The zero-order chi connectivity index (χ0) is 11.3. The van der Waals surface area contributed by atoms with Crippen LogP contribution in [0.1, 0.15) is 28.9 Å². The van der Waals surface area contributed by atoms with Gasteiger partial charge >= 0.3 is 5.97 Å². The van der Waals surface area contributed by atoms with Crippen molar-refractivity contribution in [2.75, 3.05) is 13.7 Å². The standard InChI is InChI=1S/C10H14N2O3/c1-7(6-15-11)9-4-3-8(5-12-9)10(13)14-2/h3-5,7H,6,11H2,1-2H3. The molecule has 0 aromatic carbocycles. The molecule has 0 bridgehead atoms. The van der Waals surface area contributed by atoms with Gasteiger partial charge in [0.2, 0.25) is 0 Å². The lowest BCUT2D eigenvalue weighted by molar-refractivity contribution is 0.0600. The molecular weight excluding hydrogens is 196 g/mol. The van der Waals surface area contributed by atoms with Crippen molar-refractivity contribution in [1.82, 2.24) is 4.98 Å². The smallest absolute Gasteiger partial charge is 0.339 e. The summed E-state index contributed by atoms with van der Waals surface area (Å²) in [5.41, 5.74) is 1.26. The maximum absolute atomic E-state index is 11.1. The van der Waals surface area contributed by atoms with Crippen molar-refractivity contribution >= 4 is 5.97 Å². The normalized spacial score (nSPS) is 12.2. The third-order valence-corrected chi connectivity index (χ3v) is 2.06. The molecule has 0 radical (unpaired) electrons. The van der Waals surface area contributed by atoms with Gasteiger partial charge < -0.3 is 9.57 Å². The van der Waals surface area contributed by atoms with Gasteiger partial charge in [-0.1, -0.05) is 6.92 Å². The predicted octanol–water partition coefficient (Wildman–Crippen LogP) is 0.862. The van der Waals surface area contributed by atoms with Crippen molar-refractivity contribution < 1.29 is 14.4 Å². The first-order chi connectivity index (χ1) is 7.19. The van der Waals surface area contributed by atoms with E-state index in [2.05, 4.69) is 14.6 Å². The van der Waals surface area contributed by atoms with Gasteiger partial charge in [-0.05, 0) is 12.1 Å². The first-order valence-electron chi connectivity index (χ1n) is 4.55. The fourth-order valence-corrected chi connectivity index (χ4v) is 1.17. The molecule has 5 heteroatoms. The number of pyridine rings is 1. The Labute approximate surface area is 88.2 Å². The van der Waals surface area contributed by atoms with Crippen LogP contribution >= 0.6 is 0 Å². The van der Waals surface area contributed by atoms with Gasteiger partial charge in [-0.3, -0.25) is 4.98 Å². The molecule has 1 aromatic heterocycles. The summed E-state index contributed by atoms with van der Waals surface area (Å²) in [6.45, 7) is 2.33. The number of carbonyl (C=O) groups excluding carboxylic acids is 1. The summed E-state index contributed by atoms with van der Waals surface area (Å²) in [6, 6.07) is 3.43. The first-order valence-corrected chi connectivity index (χ1v) is 4.55. The second-order valence-corrected chi connectivity index (χ2v) is 3.20. The van der Waals surface area contributed by atoms with E-state index in [9.17, 15) is 4.79 Å². The Kier molecular flexibility index (Phi) is 4.20. The number of methoxy groups -OCH3 is 1. The van der Waals surface area contributed by atoms with E-state index in [0.717, 1.165) is 5.69 Å². The second-order valence-electron chi connectivity index (χ2n) is 3.20. The zero-order valence-electron chi connectivity index (χ0n) is 8.77. The van der Waals surface area contributed by atoms with Crippen LogP contribution in [0.5, 0.6) is 0 Å². The van der Waals surface area contributed by atoms with E-state index in [-0.39, 0.29) is 5.92 Å². The summed E-state index contributed by atoms with van der Waals surface area (Å²) in [6.07, 6.45) is 1.48. The van der Waals surface area contributed by atoms with Crippen molar-refractivity contribution in [1.29, 1.82) is 0 Å². The zero-order valence-corrected chi connectivity index (χ0v) is 8.77. The number of aromatic nitrogens is 1. The molecular formula is C10H14N2O3. The number of nitrogens with two attached hydrogens (primary N) is 1. The largest absolute Gasteiger partial charge is 0.465 e. The minimum Gasteiger partial charge on any atom is -0.465 e. The second kappa shape index (κ2) is 5.43. The van der Waals surface area contributed by atoms with Gasteiger partial charge in [0.15, 0.2) is 0 Å². The average Bonchev–Trinajstić information content (AvgIpc) is 2.28. The molecule has 1 atom stereocenters. The molecule has 0 saturated carbocycles. The number of hydrogen-bond donors (Lipinski definition) is 1. The molecule has 0 aliphatic rings. The summed E-state index contributed by atoms with van der Waals surface area (Å²) < 4.78 is 4.56. The summed E-state index contributed by atoms with van der Waals surface area (Å²) in [5.74, 6) is 4.67. The Bertz CT molecular complexity index is 324. The van der Waals surface area contributed by atoms with Crippen LogP contribution in [-0.4, -0.2) is 24.7 Å². The Balaban J connectivity index is 2.76. The molecule has 0 spiro atoms. The highest BCUT2D eigenvalue weighted by molar-refractivity contribution is 5.88. The van der Waals surface area contributed by atoms with Crippen molar-refractivity contribution in [3.05, 3.63) is 29.6 Å². The minimum atomic E-state index is -0.392. The number of nitrogens with zero attached hydrogens (tertiary/aromatic N) is 1. The van der Waals surface area contributed by atoms with Crippen LogP contribution in [0.25, 0.3) is 0 Å². The number of hydrogen-bond acceptors (Lipinski definition) is 5. The van der Waals surface area contributed by atoms with Crippen LogP contribution in [0.4, 0.5) is 0 Å². The first kappa shape index (κ1) is 11.6. The van der Waals surface area contributed by atoms with Crippen LogP contribution in [0.15, 0.2) is 18.3 Å². The maximum atomic E-state index is 11.1. The van der Waals surface area contributed by atoms with E-state index in [4.69, 9.17) is 5.90 Å². The quantitative estimate of drug-likeness (QED) is 0.589. The van der Waals surface area contributed by atoms with Crippen LogP contribution in [0.2, 0.25) is 0 Å². The average molecular weight is 210 g/mol. The monoisotopic (exact) mass is 210 g/mol. The predicted molar refractivity (Wildman–Crippen MR) is 54.1 cm³/mol. The van der Waals surface area contributed by atoms with E-state index in [1.54, 1.807) is 12.1 Å². The molecule has 0 aliphatic heterocycles. The highest BCUT2D eigenvalue weighted by atomic mass is 16.6. The number of carbonyl (C=O) groups is 1. The molecule has 0 amide bonds. The summed E-state index contributed by atoms with van der Waals surface area (Å²) >= 11 is 0. The van der Waals surface area contributed by atoms with E-state index in [1.807, 2.05) is 6.92 Å². The number of rotatable bonds is 4. The molecule has 82 valence electrons. The molecule has 1 unspecified atom stereocenters. The van der Waals surface area contributed by atoms with Crippen molar-refractivity contribution in [3.8, 4) is 0 Å². The summed E-state index contributed by atoms with van der Waals surface area (Å²) in [4.78, 5) is 19.8. The number of ether oxygens (including phenoxy) is 1. The number of esters is 1. The van der Waals surface area contributed by atoms with Gasteiger partial charge in [0, 0.05) is 17.8 Å². The molecule has 0 aliphatic carbocycles. The van der Waals surface area contributed by atoms with Crippen molar-refractivity contribution in [3.63, 3.8) is 0 Å². The molecule has 0 fully saturated rings. The Hall–Kier alpha value is -1.46. The highest BCUT2D eigenvalue weighted by Gasteiger charge is 2.09. The van der Waals surface area contributed by atoms with Gasteiger partial charge in [-0.25, -0.2) is 10.7 Å². The van der Waals surface area contributed by atoms with Crippen LogP contribution in [0, 0.1) is 0 Å². The van der Waals surface area contributed by atoms with Crippen molar-refractivity contribution in [2.45, 2.75) is 12.8 Å². The Morgan fingerprint density at radius 2 is 2.33 bits per heavy atom. The van der Waals surface area contributed by atoms with E-state index < -0.39 is 5.97 Å². The van der Waals surface area contributed by atoms with Gasteiger partial charge in [0.25, 0.3) is 0 Å². The lowest BCUT2D eigenvalue weighted by Gasteiger charge is -2.08. The summed E-state index contributed by atoms with van der Waals surface area (Å²) in [7, 11) is 1.33. The molecule has 1 aromatic rings. The third kappa shape index (κ3) is 3.00. The molecule has 0 saturated heterocycles. The van der Waals surface area contributed by atoms with Gasteiger partial charge in [0.1, 0.15) is 0 Å². The van der Waals surface area contributed by atoms with E-state index in [1.165, 1.54) is 13.3 Å². The van der Waals surface area contributed by atoms with Crippen molar-refractivity contribution in [2.24, 2.45) is 5.90 Å². The molecule has 2 N–H and O–H groups in total. The fraction of sp³-hybridized carbons (Fsp3) is 0.400. The SMILES string of the molecule is COC(=O)c1ccc(C(C)CON)nc1. The molecule has 1 heterocycles. The maximum Gasteiger partial charge on any atom is 0.339 e. The van der Waals surface area contributed by atoms with Crippen LogP contribution in [0.3, 0.4) is 0 Å². The molecule has 1 rings (SSSR count). The topological polar surface area (TPSA) is 74.4 Å². The molecule has 5 nitrogen and oxygen atoms in total. The van der Waals surface area contributed by atoms with E-state index >= 15 is 0 Å². The summed E-state index contributed by atoms with van der Waals surface area (Å²) in [5, 5.41) is 0. The van der Waals surface area contributed by atoms with Gasteiger partial charge in [0.05, 0.1) is 19.3 Å². The van der Waals surface area contributed by atoms with Gasteiger partial charge in [-0.15, -0.1) is 0 Å². The Morgan fingerprint density at radius 3 is 2.80 bits per heavy atom.